The first-order valence-electron chi connectivity index (χ1n) is 4.95. The highest BCUT2D eigenvalue weighted by molar-refractivity contribution is 9.10. The van der Waals surface area contributed by atoms with Gasteiger partial charge < -0.3 is 10.6 Å². The molecule has 0 aliphatic heterocycles. The number of aryl methyl sites for hydroxylation is 1. The summed E-state index contributed by atoms with van der Waals surface area (Å²) in [7, 11) is 0. The van der Waals surface area contributed by atoms with Gasteiger partial charge in [0.15, 0.2) is 0 Å². The van der Waals surface area contributed by atoms with Crippen LogP contribution in [0.4, 0.5) is 16.2 Å². The van der Waals surface area contributed by atoms with Crippen LogP contribution >= 0.6 is 15.9 Å². The van der Waals surface area contributed by atoms with Crippen molar-refractivity contribution in [2.75, 3.05) is 11.9 Å². The van der Waals surface area contributed by atoms with Gasteiger partial charge in [-0.1, -0.05) is 0 Å². The Morgan fingerprint density at radius 3 is 2.71 bits per heavy atom. The predicted octanol–water partition coefficient (Wildman–Crippen LogP) is 2.81. The van der Waals surface area contributed by atoms with Crippen LogP contribution < -0.4 is 10.6 Å². The molecule has 0 aliphatic carbocycles. The fourth-order valence-corrected chi connectivity index (χ4v) is 1.84. The van der Waals surface area contributed by atoms with Crippen LogP contribution in [0, 0.1) is 17.0 Å². The zero-order valence-electron chi connectivity index (χ0n) is 9.41. The van der Waals surface area contributed by atoms with E-state index in [2.05, 4.69) is 26.6 Å². The number of urea groups is 1. The van der Waals surface area contributed by atoms with Gasteiger partial charge in [0.25, 0.3) is 5.69 Å². The summed E-state index contributed by atoms with van der Waals surface area (Å²) in [5.74, 6) is 0. The molecule has 0 spiro atoms. The maximum absolute atomic E-state index is 11.3. The van der Waals surface area contributed by atoms with Gasteiger partial charge in [-0.25, -0.2) is 4.79 Å². The van der Waals surface area contributed by atoms with Crippen LogP contribution in [-0.2, 0) is 0 Å². The van der Waals surface area contributed by atoms with Crippen LogP contribution in [0.5, 0.6) is 0 Å². The van der Waals surface area contributed by atoms with Crippen LogP contribution in [-0.4, -0.2) is 17.5 Å². The molecular weight excluding hydrogens is 290 g/mol. The Kier molecular flexibility index (Phi) is 4.45. The van der Waals surface area contributed by atoms with E-state index in [0.29, 0.717) is 22.3 Å². The number of nitrogens with zero attached hydrogens (tertiary/aromatic N) is 1. The number of nitrogens with one attached hydrogen (secondary N) is 2. The lowest BCUT2D eigenvalue weighted by atomic mass is 10.2. The van der Waals surface area contributed by atoms with Crippen molar-refractivity contribution in [3.63, 3.8) is 0 Å². The molecule has 92 valence electrons. The first-order valence-corrected chi connectivity index (χ1v) is 5.74. The normalized spacial score (nSPS) is 9.82. The highest BCUT2D eigenvalue weighted by atomic mass is 79.9. The molecule has 0 aromatic heterocycles. The summed E-state index contributed by atoms with van der Waals surface area (Å²) in [4.78, 5) is 21.6. The second kappa shape index (κ2) is 5.62. The summed E-state index contributed by atoms with van der Waals surface area (Å²) in [6.45, 7) is 3.91. The van der Waals surface area contributed by atoms with E-state index >= 15 is 0 Å². The summed E-state index contributed by atoms with van der Waals surface area (Å²) >= 11 is 3.24. The van der Waals surface area contributed by atoms with E-state index in [4.69, 9.17) is 0 Å². The molecule has 7 heteroatoms. The van der Waals surface area contributed by atoms with Gasteiger partial charge in [-0.3, -0.25) is 10.1 Å². The standard InChI is InChI=1S/C10H12BrN3O3/c1-3-12-10(15)13-8-5-9(14(16)17)6(2)4-7(8)11/h4-5H,3H2,1-2H3,(H2,12,13,15). The van der Waals surface area contributed by atoms with E-state index in [1.54, 1.807) is 19.9 Å². The Bertz CT molecular complexity index is 462. The topological polar surface area (TPSA) is 84.3 Å². The molecule has 0 saturated carbocycles. The number of hydrogen-bond acceptors (Lipinski definition) is 3. The second-order valence-electron chi connectivity index (χ2n) is 3.36. The molecule has 0 radical (unpaired) electrons. The first-order chi connectivity index (χ1) is 7.95. The van der Waals surface area contributed by atoms with Gasteiger partial charge in [0, 0.05) is 22.6 Å². The minimum Gasteiger partial charge on any atom is -0.338 e. The molecule has 2 N–H and O–H groups in total. The average molecular weight is 302 g/mol. The van der Waals surface area contributed by atoms with Crippen LogP contribution in [0.15, 0.2) is 16.6 Å². The monoisotopic (exact) mass is 301 g/mol. The number of nitro groups is 1. The van der Waals surface area contributed by atoms with Gasteiger partial charge in [0.2, 0.25) is 0 Å². The molecule has 0 saturated heterocycles. The van der Waals surface area contributed by atoms with Gasteiger partial charge in [-0.05, 0) is 35.8 Å². The smallest absolute Gasteiger partial charge is 0.319 e. The van der Waals surface area contributed by atoms with Crippen molar-refractivity contribution in [3.8, 4) is 0 Å². The maximum Gasteiger partial charge on any atom is 0.319 e. The Balaban J connectivity index is 3.03. The van der Waals surface area contributed by atoms with Crippen LogP contribution in [0.2, 0.25) is 0 Å². The van der Waals surface area contributed by atoms with Crippen LogP contribution in [0.1, 0.15) is 12.5 Å². The van der Waals surface area contributed by atoms with Gasteiger partial charge in [0.05, 0.1) is 10.6 Å². The molecule has 1 rings (SSSR count). The Labute approximate surface area is 107 Å². The number of nitro benzene ring substituents is 1. The minimum absolute atomic E-state index is 0.0278. The van der Waals surface area contributed by atoms with E-state index in [1.807, 2.05) is 0 Å². The van der Waals surface area contributed by atoms with E-state index < -0.39 is 11.0 Å². The van der Waals surface area contributed by atoms with Gasteiger partial charge >= 0.3 is 6.03 Å². The zero-order chi connectivity index (χ0) is 13.0. The molecule has 0 atom stereocenters. The number of hydrogen-bond donors (Lipinski definition) is 2. The van der Waals surface area contributed by atoms with Gasteiger partial charge in [-0.15, -0.1) is 0 Å². The van der Waals surface area contributed by atoms with Crippen molar-refractivity contribution in [1.29, 1.82) is 0 Å². The largest absolute Gasteiger partial charge is 0.338 e. The van der Waals surface area contributed by atoms with Crippen LogP contribution in [0.25, 0.3) is 0 Å². The second-order valence-corrected chi connectivity index (χ2v) is 4.21. The Hall–Kier alpha value is -1.63. The molecule has 0 fully saturated rings. The molecular formula is C10H12BrN3O3. The third kappa shape index (κ3) is 3.42. The SMILES string of the molecule is CCNC(=O)Nc1cc([N+](=O)[O-])c(C)cc1Br. The number of carbonyl (C=O) groups is 1. The summed E-state index contributed by atoms with van der Waals surface area (Å²) in [5, 5.41) is 15.8. The fraction of sp³-hybridized carbons (Fsp3) is 0.300. The number of anilines is 1. The summed E-state index contributed by atoms with van der Waals surface area (Å²) in [5.41, 5.74) is 0.872. The van der Waals surface area contributed by atoms with Gasteiger partial charge in [-0.2, -0.15) is 0 Å². The third-order valence-corrected chi connectivity index (χ3v) is 2.72. The number of amides is 2. The molecule has 1 aromatic carbocycles. The van der Waals surface area contributed by atoms with E-state index in [0.717, 1.165) is 0 Å². The highest BCUT2D eigenvalue weighted by Gasteiger charge is 2.15. The fourth-order valence-electron chi connectivity index (χ4n) is 1.28. The Morgan fingerprint density at radius 1 is 1.53 bits per heavy atom. The quantitative estimate of drug-likeness (QED) is 0.665. The molecule has 2 amide bonds. The summed E-state index contributed by atoms with van der Waals surface area (Å²) < 4.78 is 0.604. The zero-order valence-corrected chi connectivity index (χ0v) is 11.0. The molecule has 0 heterocycles. The number of halogens is 1. The molecule has 17 heavy (non-hydrogen) atoms. The number of carbonyl (C=O) groups excluding carboxylic acids is 1. The maximum atomic E-state index is 11.3. The number of benzene rings is 1. The van der Waals surface area contributed by atoms with Gasteiger partial charge in [0.1, 0.15) is 0 Å². The van der Waals surface area contributed by atoms with Crippen molar-refractivity contribution in [2.45, 2.75) is 13.8 Å². The number of rotatable bonds is 3. The van der Waals surface area contributed by atoms with Crippen molar-refractivity contribution in [2.24, 2.45) is 0 Å². The molecule has 6 nitrogen and oxygen atoms in total. The first kappa shape index (κ1) is 13.4. The summed E-state index contributed by atoms with van der Waals surface area (Å²) in [6.07, 6.45) is 0. The lowest BCUT2D eigenvalue weighted by Gasteiger charge is -2.08. The molecule has 1 aromatic rings. The molecule has 0 aliphatic rings. The molecule has 0 bridgehead atoms. The predicted molar refractivity (Wildman–Crippen MR) is 68.2 cm³/mol. The van der Waals surface area contributed by atoms with Crippen molar-refractivity contribution in [3.05, 3.63) is 32.3 Å². The van der Waals surface area contributed by atoms with Crippen molar-refractivity contribution < 1.29 is 9.72 Å². The minimum atomic E-state index is -0.481. The van der Waals surface area contributed by atoms with Crippen molar-refractivity contribution >= 4 is 33.3 Å². The van der Waals surface area contributed by atoms with Crippen molar-refractivity contribution in [1.82, 2.24) is 5.32 Å². The third-order valence-electron chi connectivity index (χ3n) is 2.07. The lowest BCUT2D eigenvalue weighted by Crippen LogP contribution is -2.28. The highest BCUT2D eigenvalue weighted by Crippen LogP contribution is 2.30. The van der Waals surface area contributed by atoms with E-state index in [1.165, 1.54) is 6.07 Å². The molecule has 0 unspecified atom stereocenters. The summed E-state index contributed by atoms with van der Waals surface area (Å²) in [6, 6.07) is 2.53. The van der Waals surface area contributed by atoms with Crippen LogP contribution in [0.3, 0.4) is 0 Å². The van der Waals surface area contributed by atoms with E-state index in [9.17, 15) is 14.9 Å². The average Bonchev–Trinajstić information content (AvgIpc) is 2.21. The van der Waals surface area contributed by atoms with E-state index in [-0.39, 0.29) is 5.69 Å². The lowest BCUT2D eigenvalue weighted by molar-refractivity contribution is -0.385. The Morgan fingerprint density at radius 2 is 2.18 bits per heavy atom.